The van der Waals surface area contributed by atoms with Gasteiger partial charge in [-0.2, -0.15) is 0 Å². The Hall–Kier alpha value is -1.29. The van der Waals surface area contributed by atoms with Crippen molar-refractivity contribution in [2.45, 2.75) is 96.5 Å². The second-order valence-corrected chi connectivity index (χ2v) is 7.58. The highest BCUT2D eigenvalue weighted by molar-refractivity contribution is 5.75. The van der Waals surface area contributed by atoms with E-state index >= 15 is 0 Å². The second-order valence-electron chi connectivity index (χ2n) is 7.58. The van der Waals surface area contributed by atoms with E-state index in [4.69, 9.17) is 4.42 Å². The Morgan fingerprint density at radius 3 is 2.23 bits per heavy atom. The van der Waals surface area contributed by atoms with Crippen LogP contribution in [-0.2, 0) is 11.2 Å². The quantitative estimate of drug-likeness (QED) is 0.409. The van der Waals surface area contributed by atoms with E-state index in [1.807, 2.05) is 12.1 Å². The van der Waals surface area contributed by atoms with Crippen LogP contribution in [0.25, 0.3) is 0 Å². The predicted molar refractivity (Wildman–Crippen MR) is 107 cm³/mol. The summed E-state index contributed by atoms with van der Waals surface area (Å²) in [6.07, 6.45) is 13.9. The largest absolute Gasteiger partial charge is 0.463 e. The SMILES string of the molecule is CCCCCCCCCCCc1ccc(C(O)CCCC(=O)N(C)C)o1. The lowest BCUT2D eigenvalue weighted by atomic mass is 10.1. The van der Waals surface area contributed by atoms with Crippen molar-refractivity contribution in [3.8, 4) is 0 Å². The molecule has 0 saturated heterocycles. The molecule has 26 heavy (non-hydrogen) atoms. The summed E-state index contributed by atoms with van der Waals surface area (Å²) in [5, 5.41) is 10.2. The van der Waals surface area contributed by atoms with E-state index in [2.05, 4.69) is 6.92 Å². The minimum atomic E-state index is -0.609. The number of nitrogens with zero attached hydrogens (tertiary/aromatic N) is 1. The third-order valence-electron chi connectivity index (χ3n) is 4.90. The van der Waals surface area contributed by atoms with Gasteiger partial charge in [-0.15, -0.1) is 0 Å². The van der Waals surface area contributed by atoms with Gasteiger partial charge >= 0.3 is 0 Å². The maximum Gasteiger partial charge on any atom is 0.222 e. The predicted octanol–water partition coefficient (Wildman–Crippen LogP) is 5.64. The summed E-state index contributed by atoms with van der Waals surface area (Å²) >= 11 is 0. The van der Waals surface area contributed by atoms with Crippen LogP contribution in [0.5, 0.6) is 0 Å². The summed E-state index contributed by atoms with van der Waals surface area (Å²) in [5.74, 6) is 1.70. The van der Waals surface area contributed by atoms with Gasteiger partial charge in [-0.25, -0.2) is 0 Å². The van der Waals surface area contributed by atoms with E-state index in [0.29, 0.717) is 25.0 Å². The van der Waals surface area contributed by atoms with Gasteiger partial charge in [0.1, 0.15) is 17.6 Å². The zero-order valence-electron chi connectivity index (χ0n) is 17.1. The fourth-order valence-electron chi connectivity index (χ4n) is 3.13. The van der Waals surface area contributed by atoms with E-state index in [9.17, 15) is 9.90 Å². The Bertz CT molecular complexity index is 481. The number of carbonyl (C=O) groups excluding carboxylic acids is 1. The van der Waals surface area contributed by atoms with Crippen molar-refractivity contribution < 1.29 is 14.3 Å². The van der Waals surface area contributed by atoms with Crippen LogP contribution in [0.1, 0.15) is 102 Å². The number of furan rings is 1. The molecule has 1 aromatic heterocycles. The smallest absolute Gasteiger partial charge is 0.222 e. The molecule has 1 unspecified atom stereocenters. The molecule has 0 aliphatic rings. The lowest BCUT2D eigenvalue weighted by Crippen LogP contribution is -2.21. The van der Waals surface area contributed by atoms with E-state index in [1.54, 1.807) is 19.0 Å². The van der Waals surface area contributed by atoms with E-state index < -0.39 is 6.10 Å². The number of aliphatic hydroxyl groups excluding tert-OH is 1. The van der Waals surface area contributed by atoms with Crippen molar-refractivity contribution in [2.24, 2.45) is 0 Å². The van der Waals surface area contributed by atoms with Crippen molar-refractivity contribution in [1.82, 2.24) is 4.90 Å². The number of aliphatic hydroxyl groups is 1. The summed E-state index contributed by atoms with van der Waals surface area (Å²) < 4.78 is 5.78. The highest BCUT2D eigenvalue weighted by Crippen LogP contribution is 2.23. The Morgan fingerprint density at radius 2 is 1.62 bits per heavy atom. The van der Waals surface area contributed by atoms with Crippen molar-refractivity contribution in [3.05, 3.63) is 23.7 Å². The molecule has 1 N–H and O–H groups in total. The van der Waals surface area contributed by atoms with Crippen LogP contribution in [0.2, 0.25) is 0 Å². The number of amides is 1. The van der Waals surface area contributed by atoms with Gasteiger partial charge in [0.15, 0.2) is 0 Å². The molecule has 0 saturated carbocycles. The number of rotatable bonds is 15. The molecular formula is C22H39NO3. The van der Waals surface area contributed by atoms with Gasteiger partial charge in [0.25, 0.3) is 0 Å². The normalized spacial score (nSPS) is 12.3. The van der Waals surface area contributed by atoms with E-state index in [0.717, 1.165) is 18.6 Å². The molecule has 4 nitrogen and oxygen atoms in total. The molecule has 0 fully saturated rings. The topological polar surface area (TPSA) is 53.7 Å². The Balaban J connectivity index is 2.11. The zero-order valence-corrected chi connectivity index (χ0v) is 17.1. The molecule has 0 bridgehead atoms. The molecule has 1 heterocycles. The molecule has 0 radical (unpaired) electrons. The van der Waals surface area contributed by atoms with Crippen LogP contribution in [0.3, 0.4) is 0 Å². The van der Waals surface area contributed by atoms with Gasteiger partial charge in [0, 0.05) is 26.9 Å². The molecule has 150 valence electrons. The van der Waals surface area contributed by atoms with Crippen LogP contribution in [-0.4, -0.2) is 30.0 Å². The van der Waals surface area contributed by atoms with Crippen LogP contribution in [0.4, 0.5) is 0 Å². The first-order valence-corrected chi connectivity index (χ1v) is 10.5. The molecule has 0 spiro atoms. The number of unbranched alkanes of at least 4 members (excludes halogenated alkanes) is 8. The molecule has 0 aliphatic heterocycles. The number of hydrogen-bond acceptors (Lipinski definition) is 3. The average molecular weight is 366 g/mol. The van der Waals surface area contributed by atoms with Crippen molar-refractivity contribution >= 4 is 5.91 Å². The zero-order chi connectivity index (χ0) is 19.2. The standard InChI is InChI=1S/C22H39NO3/c1-4-5-6-7-8-9-10-11-12-14-19-17-18-21(26-19)20(24)15-13-16-22(25)23(2)3/h17-18,20,24H,4-16H2,1-3H3. The highest BCUT2D eigenvalue weighted by Gasteiger charge is 2.13. The van der Waals surface area contributed by atoms with Crippen LogP contribution in [0.15, 0.2) is 16.5 Å². The van der Waals surface area contributed by atoms with Crippen LogP contribution >= 0.6 is 0 Å². The van der Waals surface area contributed by atoms with Gasteiger partial charge in [0.05, 0.1) is 0 Å². The van der Waals surface area contributed by atoms with Crippen LogP contribution < -0.4 is 0 Å². The van der Waals surface area contributed by atoms with Gasteiger partial charge < -0.3 is 14.4 Å². The lowest BCUT2D eigenvalue weighted by molar-refractivity contribution is -0.128. The van der Waals surface area contributed by atoms with Crippen molar-refractivity contribution in [1.29, 1.82) is 0 Å². The second kappa shape index (κ2) is 13.9. The first-order valence-electron chi connectivity index (χ1n) is 10.5. The molecule has 1 amide bonds. The first-order chi connectivity index (χ1) is 12.5. The Morgan fingerprint density at radius 1 is 1.00 bits per heavy atom. The molecule has 1 rings (SSSR count). The van der Waals surface area contributed by atoms with Crippen LogP contribution in [0, 0.1) is 0 Å². The molecular weight excluding hydrogens is 326 g/mol. The van der Waals surface area contributed by atoms with Gasteiger partial charge in [0.2, 0.25) is 5.91 Å². The van der Waals surface area contributed by atoms with Gasteiger partial charge in [-0.3, -0.25) is 4.79 Å². The number of aryl methyl sites for hydroxylation is 1. The highest BCUT2D eigenvalue weighted by atomic mass is 16.4. The van der Waals surface area contributed by atoms with E-state index in [1.165, 1.54) is 51.4 Å². The summed E-state index contributed by atoms with van der Waals surface area (Å²) in [7, 11) is 3.51. The number of hydrogen-bond donors (Lipinski definition) is 1. The third-order valence-corrected chi connectivity index (χ3v) is 4.90. The first kappa shape index (κ1) is 22.8. The monoisotopic (exact) mass is 365 g/mol. The maximum absolute atomic E-state index is 11.5. The Kier molecular flexibility index (Phi) is 12.1. The summed E-state index contributed by atoms with van der Waals surface area (Å²) in [6, 6.07) is 3.86. The lowest BCUT2D eigenvalue weighted by Gasteiger charge is -2.11. The summed E-state index contributed by atoms with van der Waals surface area (Å²) in [5.41, 5.74) is 0. The van der Waals surface area contributed by atoms with Gasteiger partial charge in [-0.05, 0) is 31.4 Å². The van der Waals surface area contributed by atoms with Crippen molar-refractivity contribution in [3.63, 3.8) is 0 Å². The molecule has 0 aromatic carbocycles. The molecule has 1 aromatic rings. The fourth-order valence-corrected chi connectivity index (χ4v) is 3.13. The fraction of sp³-hybridized carbons (Fsp3) is 0.773. The van der Waals surface area contributed by atoms with Crippen molar-refractivity contribution in [2.75, 3.05) is 14.1 Å². The summed E-state index contributed by atoms with van der Waals surface area (Å²) in [4.78, 5) is 13.1. The van der Waals surface area contributed by atoms with Gasteiger partial charge in [-0.1, -0.05) is 58.3 Å². The molecule has 1 atom stereocenters. The average Bonchev–Trinajstić information content (AvgIpc) is 3.09. The Labute approximate surface area is 160 Å². The number of carbonyl (C=O) groups is 1. The molecule has 0 aliphatic carbocycles. The maximum atomic E-state index is 11.5. The molecule has 4 heteroatoms. The summed E-state index contributed by atoms with van der Waals surface area (Å²) in [6.45, 7) is 2.26. The third kappa shape index (κ3) is 10.0. The minimum Gasteiger partial charge on any atom is -0.463 e. The minimum absolute atomic E-state index is 0.0997. The van der Waals surface area contributed by atoms with E-state index in [-0.39, 0.29) is 5.91 Å².